The van der Waals surface area contributed by atoms with Gasteiger partial charge in [0, 0.05) is 11.6 Å². The second-order valence-electron chi connectivity index (χ2n) is 5.32. The Labute approximate surface area is 148 Å². The van der Waals surface area contributed by atoms with Crippen LogP contribution in [-0.2, 0) is 9.63 Å². The molecule has 0 radical (unpaired) electrons. The number of nitro benzene ring substituents is 1. The smallest absolute Gasteiger partial charge is 0.368 e. The first-order valence-corrected chi connectivity index (χ1v) is 7.72. The molecule has 0 atom stereocenters. The van der Waals surface area contributed by atoms with E-state index in [-0.39, 0.29) is 17.9 Å². The van der Waals surface area contributed by atoms with Gasteiger partial charge in [-0.2, -0.15) is 0 Å². The van der Waals surface area contributed by atoms with E-state index in [0.717, 1.165) is 6.07 Å². The zero-order chi connectivity index (χ0) is 18.7. The monoisotopic (exact) mass is 354 g/mol. The number of carbonyl (C=O) groups is 1. The predicted molar refractivity (Wildman–Crippen MR) is 93.0 cm³/mol. The summed E-state index contributed by atoms with van der Waals surface area (Å²) in [5.41, 5.74) is 0.925. The number of ether oxygens (including phenoxy) is 1. The van der Waals surface area contributed by atoms with Gasteiger partial charge in [-0.25, -0.2) is 4.79 Å². The Kier molecular flexibility index (Phi) is 4.66. The summed E-state index contributed by atoms with van der Waals surface area (Å²) >= 11 is 0. The molecule has 0 unspecified atom stereocenters. The van der Waals surface area contributed by atoms with E-state index >= 15 is 0 Å². The Balaban J connectivity index is 2.09. The normalized spacial score (nSPS) is 14.9. The number of hydrogen-bond acceptors (Lipinski definition) is 7. The maximum atomic E-state index is 12.0. The lowest BCUT2D eigenvalue weighted by molar-refractivity contribution is -0.386. The highest BCUT2D eigenvalue weighted by atomic mass is 16.7. The summed E-state index contributed by atoms with van der Waals surface area (Å²) in [5, 5.41) is 24.9. The molecule has 1 N–H and O–H groups in total. The van der Waals surface area contributed by atoms with Crippen LogP contribution in [0.15, 0.2) is 53.2 Å². The average molecular weight is 354 g/mol. The van der Waals surface area contributed by atoms with Gasteiger partial charge in [0.2, 0.25) is 5.75 Å². The van der Waals surface area contributed by atoms with Crippen molar-refractivity contribution in [3.05, 3.63) is 69.3 Å². The molecule has 0 aromatic heterocycles. The van der Waals surface area contributed by atoms with Crippen LogP contribution in [-0.4, -0.2) is 28.3 Å². The molecule has 0 saturated carbocycles. The van der Waals surface area contributed by atoms with Gasteiger partial charge in [0.1, 0.15) is 5.71 Å². The quantitative estimate of drug-likeness (QED) is 0.382. The van der Waals surface area contributed by atoms with Gasteiger partial charge in [-0.05, 0) is 24.6 Å². The highest BCUT2D eigenvalue weighted by Crippen LogP contribution is 2.38. The first-order chi connectivity index (χ1) is 12.5. The highest BCUT2D eigenvalue weighted by molar-refractivity contribution is 6.31. The molecule has 1 heterocycles. The lowest BCUT2D eigenvalue weighted by Crippen LogP contribution is -2.06. The van der Waals surface area contributed by atoms with E-state index in [0.29, 0.717) is 16.8 Å². The third-order valence-corrected chi connectivity index (χ3v) is 3.63. The van der Waals surface area contributed by atoms with Crippen LogP contribution in [0, 0.1) is 10.1 Å². The Bertz CT molecular complexity index is 934. The summed E-state index contributed by atoms with van der Waals surface area (Å²) in [5.74, 6) is -1.28. The first kappa shape index (κ1) is 17.2. The zero-order valence-corrected chi connectivity index (χ0v) is 13.7. The summed E-state index contributed by atoms with van der Waals surface area (Å²) in [6, 6.07) is 11.5. The predicted octanol–water partition coefficient (Wildman–Crippen LogP) is 3.04. The van der Waals surface area contributed by atoms with Crippen molar-refractivity contribution in [2.45, 2.75) is 6.92 Å². The third kappa shape index (κ3) is 3.25. The zero-order valence-electron chi connectivity index (χ0n) is 13.7. The van der Waals surface area contributed by atoms with Crippen molar-refractivity contribution in [1.82, 2.24) is 0 Å². The van der Waals surface area contributed by atoms with E-state index in [4.69, 9.17) is 9.57 Å². The Morgan fingerprint density at radius 3 is 2.69 bits per heavy atom. The van der Waals surface area contributed by atoms with Gasteiger partial charge >= 0.3 is 11.7 Å². The van der Waals surface area contributed by atoms with Gasteiger partial charge in [0.05, 0.1) is 17.1 Å². The SMILES string of the molecule is CCOc1cc(/C=C2/C(=O)ON=C2c2ccccc2)cc([N+](=O)[O-])c1O. The van der Waals surface area contributed by atoms with E-state index in [1.165, 1.54) is 12.1 Å². The van der Waals surface area contributed by atoms with E-state index < -0.39 is 22.3 Å². The Morgan fingerprint density at radius 2 is 2.04 bits per heavy atom. The number of aromatic hydroxyl groups is 1. The molecule has 2 aromatic rings. The molecule has 8 nitrogen and oxygen atoms in total. The van der Waals surface area contributed by atoms with Gasteiger partial charge in [0.15, 0.2) is 5.75 Å². The van der Waals surface area contributed by atoms with E-state index in [9.17, 15) is 20.0 Å². The minimum absolute atomic E-state index is 0.0434. The molecule has 132 valence electrons. The standard InChI is InChI=1S/C18H14N2O6/c1-2-25-15-10-11(9-14(17(15)21)20(23)24)8-13-16(19-26-18(13)22)12-6-4-3-5-7-12/h3-10,21H,2H2,1H3/b13-8+. The molecule has 0 fully saturated rings. The number of carbonyl (C=O) groups excluding carboxylic acids is 1. The van der Waals surface area contributed by atoms with Gasteiger partial charge in [0.25, 0.3) is 0 Å². The molecule has 1 aliphatic rings. The molecule has 8 heteroatoms. The van der Waals surface area contributed by atoms with E-state index in [1.54, 1.807) is 31.2 Å². The lowest BCUT2D eigenvalue weighted by Gasteiger charge is -2.08. The van der Waals surface area contributed by atoms with E-state index in [1.807, 2.05) is 6.07 Å². The maximum absolute atomic E-state index is 12.0. The summed E-state index contributed by atoms with van der Waals surface area (Å²) in [6.07, 6.45) is 1.41. The van der Waals surface area contributed by atoms with Crippen LogP contribution < -0.4 is 4.74 Å². The van der Waals surface area contributed by atoms with Crippen LogP contribution in [0.25, 0.3) is 6.08 Å². The third-order valence-electron chi connectivity index (χ3n) is 3.63. The summed E-state index contributed by atoms with van der Waals surface area (Å²) in [7, 11) is 0. The summed E-state index contributed by atoms with van der Waals surface area (Å²) in [6.45, 7) is 1.90. The van der Waals surface area contributed by atoms with Crippen molar-refractivity contribution in [1.29, 1.82) is 0 Å². The molecule has 1 aliphatic heterocycles. The lowest BCUT2D eigenvalue weighted by atomic mass is 10.0. The average Bonchev–Trinajstić information content (AvgIpc) is 2.99. The number of hydrogen-bond donors (Lipinski definition) is 1. The number of nitro groups is 1. The van der Waals surface area contributed by atoms with Crippen molar-refractivity contribution in [2.24, 2.45) is 5.16 Å². The largest absolute Gasteiger partial charge is 0.500 e. The number of phenolic OH excluding ortho intramolecular Hbond substituents is 1. The molecule has 0 spiro atoms. The Hall–Kier alpha value is -3.68. The topological polar surface area (TPSA) is 111 Å². The molecular formula is C18H14N2O6. The van der Waals surface area contributed by atoms with Crippen molar-refractivity contribution in [3.63, 3.8) is 0 Å². The highest BCUT2D eigenvalue weighted by Gasteiger charge is 2.27. The molecule has 0 saturated heterocycles. The molecule has 26 heavy (non-hydrogen) atoms. The van der Waals surface area contributed by atoms with Crippen LogP contribution in [0.5, 0.6) is 11.5 Å². The van der Waals surface area contributed by atoms with Crippen LogP contribution >= 0.6 is 0 Å². The second kappa shape index (κ2) is 7.06. The fourth-order valence-corrected chi connectivity index (χ4v) is 2.48. The molecule has 2 aromatic carbocycles. The minimum Gasteiger partial charge on any atom is -0.500 e. The van der Waals surface area contributed by atoms with E-state index in [2.05, 4.69) is 5.16 Å². The summed E-state index contributed by atoms with van der Waals surface area (Å²) < 4.78 is 5.24. The second-order valence-corrected chi connectivity index (χ2v) is 5.32. The molecule has 0 bridgehead atoms. The molecule has 3 rings (SSSR count). The summed E-state index contributed by atoms with van der Waals surface area (Å²) in [4.78, 5) is 27.2. The number of rotatable bonds is 5. The number of nitrogens with zero attached hydrogens (tertiary/aromatic N) is 2. The van der Waals surface area contributed by atoms with Gasteiger partial charge in [-0.15, -0.1) is 0 Å². The number of phenols is 1. The minimum atomic E-state index is -0.723. The fraction of sp³-hybridized carbons (Fsp3) is 0.111. The molecular weight excluding hydrogens is 340 g/mol. The first-order valence-electron chi connectivity index (χ1n) is 7.72. The van der Waals surface area contributed by atoms with Crippen LogP contribution in [0.1, 0.15) is 18.1 Å². The molecule has 0 amide bonds. The van der Waals surface area contributed by atoms with Crippen molar-refractivity contribution >= 4 is 23.4 Å². The van der Waals surface area contributed by atoms with Gasteiger partial charge in [-0.3, -0.25) is 10.1 Å². The van der Waals surface area contributed by atoms with Crippen LogP contribution in [0.2, 0.25) is 0 Å². The maximum Gasteiger partial charge on any atom is 0.368 e. The number of oxime groups is 1. The van der Waals surface area contributed by atoms with Crippen LogP contribution in [0.3, 0.4) is 0 Å². The van der Waals surface area contributed by atoms with Crippen molar-refractivity contribution in [3.8, 4) is 11.5 Å². The van der Waals surface area contributed by atoms with Gasteiger partial charge < -0.3 is 14.7 Å². The van der Waals surface area contributed by atoms with Crippen molar-refractivity contribution in [2.75, 3.05) is 6.61 Å². The van der Waals surface area contributed by atoms with Crippen LogP contribution in [0.4, 0.5) is 5.69 Å². The fourth-order valence-electron chi connectivity index (χ4n) is 2.48. The number of benzene rings is 2. The van der Waals surface area contributed by atoms with Gasteiger partial charge in [-0.1, -0.05) is 35.5 Å². The molecule has 0 aliphatic carbocycles. The van der Waals surface area contributed by atoms with Crippen molar-refractivity contribution < 1.29 is 24.4 Å². The Morgan fingerprint density at radius 1 is 1.31 bits per heavy atom.